The summed E-state index contributed by atoms with van der Waals surface area (Å²) >= 11 is 1.37. The van der Waals surface area contributed by atoms with E-state index < -0.39 is 17.3 Å². The van der Waals surface area contributed by atoms with Crippen LogP contribution >= 0.6 is 11.3 Å². The Morgan fingerprint density at radius 2 is 1.84 bits per heavy atom. The Morgan fingerprint density at radius 1 is 1.16 bits per heavy atom. The number of thiophene rings is 1. The Morgan fingerprint density at radius 3 is 2.32 bits per heavy atom. The molecule has 0 aliphatic heterocycles. The number of halogens is 3. The molecule has 5 heteroatoms. The molecule has 1 aromatic carbocycles. The van der Waals surface area contributed by atoms with E-state index in [9.17, 15) is 18.3 Å². The van der Waals surface area contributed by atoms with E-state index in [1.54, 1.807) is 26.0 Å². The molecule has 1 N–H and O–H groups in total. The summed E-state index contributed by atoms with van der Waals surface area (Å²) in [4.78, 5) is 0.704. The van der Waals surface area contributed by atoms with E-state index in [0.717, 1.165) is 12.1 Å². The quantitative estimate of drug-likeness (QED) is 0.871. The van der Waals surface area contributed by atoms with Gasteiger partial charge in [0.1, 0.15) is 5.60 Å². The normalized spacial score (nSPS) is 15.3. The van der Waals surface area contributed by atoms with Crippen molar-refractivity contribution in [1.29, 1.82) is 0 Å². The fourth-order valence-corrected chi connectivity index (χ4v) is 2.87. The van der Waals surface area contributed by atoms with Gasteiger partial charge >= 0.3 is 6.18 Å². The van der Waals surface area contributed by atoms with Gasteiger partial charge in [0.05, 0.1) is 5.56 Å². The monoisotopic (exact) mass is 286 g/mol. The molecule has 0 aliphatic carbocycles. The molecule has 0 amide bonds. The van der Waals surface area contributed by atoms with Crippen molar-refractivity contribution in [2.24, 2.45) is 0 Å². The zero-order valence-corrected chi connectivity index (χ0v) is 11.3. The number of hydrogen-bond donors (Lipinski definition) is 1. The average molecular weight is 286 g/mol. The van der Waals surface area contributed by atoms with E-state index >= 15 is 0 Å². The Bertz CT molecular complexity index is 571. The van der Waals surface area contributed by atoms with Gasteiger partial charge in [0, 0.05) is 4.88 Å². The molecule has 0 saturated heterocycles. The van der Waals surface area contributed by atoms with Crippen LogP contribution in [0.25, 0.3) is 0 Å². The first kappa shape index (κ1) is 14.1. The largest absolute Gasteiger partial charge is 0.416 e. The van der Waals surface area contributed by atoms with Crippen LogP contribution in [-0.2, 0) is 11.8 Å². The Balaban J connectivity index is 2.47. The van der Waals surface area contributed by atoms with E-state index in [-0.39, 0.29) is 0 Å². The molecule has 1 heterocycles. The van der Waals surface area contributed by atoms with Crippen molar-refractivity contribution in [3.05, 3.63) is 57.3 Å². The summed E-state index contributed by atoms with van der Waals surface area (Å²) in [5.74, 6) is 0. The van der Waals surface area contributed by atoms with Gasteiger partial charge in [-0.15, -0.1) is 11.3 Å². The molecule has 1 unspecified atom stereocenters. The van der Waals surface area contributed by atoms with Crippen LogP contribution in [0, 0.1) is 6.92 Å². The summed E-state index contributed by atoms with van der Waals surface area (Å²) < 4.78 is 37.8. The standard InChI is InChI=1S/C14H13F3OS/c1-9-8-10(14(15,16)17)5-6-11(9)13(2,18)12-4-3-7-19-12/h3-8,18H,1-2H3. The van der Waals surface area contributed by atoms with Crippen LogP contribution in [0.15, 0.2) is 35.7 Å². The molecule has 2 rings (SSSR count). The SMILES string of the molecule is Cc1cc(C(F)(F)F)ccc1C(C)(O)c1cccs1. The van der Waals surface area contributed by atoms with Crippen LogP contribution in [0.3, 0.4) is 0 Å². The molecule has 2 aromatic rings. The highest BCUT2D eigenvalue weighted by Crippen LogP contribution is 2.37. The third-order valence-electron chi connectivity index (χ3n) is 3.08. The molecular formula is C14H13F3OS. The van der Waals surface area contributed by atoms with Gasteiger partial charge in [-0.1, -0.05) is 12.1 Å². The molecule has 1 aromatic heterocycles. The highest BCUT2D eigenvalue weighted by molar-refractivity contribution is 7.10. The van der Waals surface area contributed by atoms with E-state index in [0.29, 0.717) is 16.0 Å². The van der Waals surface area contributed by atoms with Crippen LogP contribution < -0.4 is 0 Å². The zero-order valence-electron chi connectivity index (χ0n) is 10.5. The minimum absolute atomic E-state index is 0.424. The van der Waals surface area contributed by atoms with Gasteiger partial charge in [0.15, 0.2) is 0 Å². The fourth-order valence-electron chi connectivity index (χ4n) is 2.07. The minimum atomic E-state index is -4.36. The van der Waals surface area contributed by atoms with Crippen molar-refractivity contribution < 1.29 is 18.3 Å². The zero-order chi connectivity index (χ0) is 14.3. The molecule has 0 bridgehead atoms. The van der Waals surface area contributed by atoms with Gasteiger partial charge in [-0.2, -0.15) is 13.2 Å². The molecule has 0 radical (unpaired) electrons. The second-order valence-corrected chi connectivity index (χ2v) is 5.52. The second kappa shape index (κ2) is 4.65. The maximum absolute atomic E-state index is 12.6. The number of aryl methyl sites for hydroxylation is 1. The van der Waals surface area contributed by atoms with Crippen molar-refractivity contribution in [1.82, 2.24) is 0 Å². The number of aliphatic hydroxyl groups is 1. The topological polar surface area (TPSA) is 20.2 Å². The Hall–Kier alpha value is -1.33. The van der Waals surface area contributed by atoms with E-state index in [1.807, 2.05) is 5.38 Å². The third-order valence-corrected chi connectivity index (χ3v) is 4.16. The lowest BCUT2D eigenvalue weighted by atomic mass is 9.89. The minimum Gasteiger partial charge on any atom is -0.380 e. The van der Waals surface area contributed by atoms with Gasteiger partial charge in [-0.3, -0.25) is 0 Å². The van der Waals surface area contributed by atoms with Gasteiger partial charge in [0.25, 0.3) is 0 Å². The third kappa shape index (κ3) is 2.67. The summed E-state index contributed by atoms with van der Waals surface area (Å²) in [7, 11) is 0. The summed E-state index contributed by atoms with van der Waals surface area (Å²) in [6.07, 6.45) is -4.36. The smallest absolute Gasteiger partial charge is 0.380 e. The Labute approximate surface area is 113 Å². The number of alkyl halides is 3. The summed E-state index contributed by atoms with van der Waals surface area (Å²) in [6.45, 7) is 3.17. The lowest BCUT2D eigenvalue weighted by molar-refractivity contribution is -0.137. The van der Waals surface area contributed by atoms with Crippen molar-refractivity contribution >= 4 is 11.3 Å². The molecule has 1 nitrogen and oxygen atoms in total. The first-order valence-corrected chi connectivity index (χ1v) is 6.55. The van der Waals surface area contributed by atoms with Gasteiger partial charge in [-0.25, -0.2) is 0 Å². The summed E-state index contributed by atoms with van der Waals surface area (Å²) in [6, 6.07) is 6.98. The van der Waals surface area contributed by atoms with E-state index in [4.69, 9.17) is 0 Å². The van der Waals surface area contributed by atoms with Crippen molar-refractivity contribution in [2.45, 2.75) is 25.6 Å². The molecule has 102 valence electrons. The van der Waals surface area contributed by atoms with Crippen LogP contribution in [0.1, 0.15) is 28.5 Å². The summed E-state index contributed by atoms with van der Waals surface area (Å²) in [5.41, 5.74) is -1.06. The van der Waals surface area contributed by atoms with Crippen LogP contribution in [0.4, 0.5) is 13.2 Å². The number of rotatable bonds is 2. The van der Waals surface area contributed by atoms with Crippen molar-refractivity contribution in [3.63, 3.8) is 0 Å². The highest BCUT2D eigenvalue weighted by Gasteiger charge is 2.33. The molecule has 0 spiro atoms. The first-order chi connectivity index (χ1) is 8.73. The molecule has 0 saturated carbocycles. The molecule has 0 fully saturated rings. The van der Waals surface area contributed by atoms with Crippen LogP contribution in [0.2, 0.25) is 0 Å². The first-order valence-electron chi connectivity index (χ1n) is 5.67. The average Bonchev–Trinajstić information content (AvgIpc) is 2.81. The van der Waals surface area contributed by atoms with Crippen molar-refractivity contribution in [3.8, 4) is 0 Å². The second-order valence-electron chi connectivity index (χ2n) is 4.58. The Kier molecular flexibility index (Phi) is 3.45. The summed E-state index contributed by atoms with van der Waals surface area (Å²) in [5, 5.41) is 12.4. The fraction of sp³-hybridized carbons (Fsp3) is 0.286. The van der Waals surface area contributed by atoms with Gasteiger partial charge < -0.3 is 5.11 Å². The highest BCUT2D eigenvalue weighted by atomic mass is 32.1. The van der Waals surface area contributed by atoms with Crippen LogP contribution in [-0.4, -0.2) is 5.11 Å². The van der Waals surface area contributed by atoms with E-state index in [1.165, 1.54) is 17.4 Å². The predicted octanol–water partition coefficient (Wildman–Crippen LogP) is 4.33. The molecule has 19 heavy (non-hydrogen) atoms. The molecule has 1 atom stereocenters. The van der Waals surface area contributed by atoms with E-state index in [2.05, 4.69) is 0 Å². The maximum Gasteiger partial charge on any atom is 0.416 e. The van der Waals surface area contributed by atoms with Crippen molar-refractivity contribution in [2.75, 3.05) is 0 Å². The molecular weight excluding hydrogens is 273 g/mol. The predicted molar refractivity (Wildman–Crippen MR) is 69.2 cm³/mol. The molecule has 0 aliphatic rings. The lowest BCUT2D eigenvalue weighted by Gasteiger charge is -2.25. The lowest BCUT2D eigenvalue weighted by Crippen LogP contribution is -2.23. The maximum atomic E-state index is 12.6. The van der Waals surface area contributed by atoms with Gasteiger partial charge in [-0.05, 0) is 48.6 Å². The number of hydrogen-bond acceptors (Lipinski definition) is 2. The number of benzene rings is 1. The van der Waals surface area contributed by atoms with Gasteiger partial charge in [0.2, 0.25) is 0 Å². The van der Waals surface area contributed by atoms with Crippen LogP contribution in [0.5, 0.6) is 0 Å².